The average Bonchev–Trinajstić information content (AvgIpc) is 2.74. The van der Waals surface area contributed by atoms with E-state index < -0.39 is 0 Å². The van der Waals surface area contributed by atoms with Crippen LogP contribution in [0.15, 0.2) is 6.07 Å². The van der Waals surface area contributed by atoms with Crippen molar-refractivity contribution >= 4 is 17.6 Å². The maximum Gasteiger partial charge on any atom is 0.223 e. The highest BCUT2D eigenvalue weighted by atomic mass is 15.1. The van der Waals surface area contributed by atoms with Gasteiger partial charge in [0.2, 0.25) is 5.95 Å². The van der Waals surface area contributed by atoms with Gasteiger partial charge in [0, 0.05) is 19.2 Å². The second-order valence-electron chi connectivity index (χ2n) is 6.80. The van der Waals surface area contributed by atoms with Gasteiger partial charge in [-0.3, -0.25) is 0 Å². The topological polar surface area (TPSA) is 75.9 Å². The molecule has 0 amide bonds. The lowest BCUT2D eigenvalue weighted by Gasteiger charge is -2.10. The lowest BCUT2D eigenvalue weighted by Crippen LogP contribution is -2.12. The predicted molar refractivity (Wildman–Crippen MR) is 84.8 cm³/mol. The molecule has 4 N–H and O–H groups in total. The van der Waals surface area contributed by atoms with Gasteiger partial charge in [-0.15, -0.1) is 0 Å². The maximum atomic E-state index is 5.76. The van der Waals surface area contributed by atoms with Crippen molar-refractivity contribution in [2.24, 2.45) is 16.7 Å². The molecular weight excluding hydrogens is 250 g/mol. The van der Waals surface area contributed by atoms with E-state index in [1.165, 1.54) is 0 Å². The Morgan fingerprint density at radius 1 is 1.10 bits per heavy atom. The van der Waals surface area contributed by atoms with E-state index >= 15 is 0 Å². The molecule has 112 valence electrons. The molecule has 1 fully saturated rings. The minimum Gasteiger partial charge on any atom is -0.370 e. The average molecular weight is 277 g/mol. The van der Waals surface area contributed by atoms with Crippen LogP contribution in [0.3, 0.4) is 0 Å². The number of hydrogen-bond acceptors (Lipinski definition) is 5. The molecule has 0 bridgehead atoms. The Labute approximate surface area is 121 Å². The van der Waals surface area contributed by atoms with Crippen LogP contribution in [0.4, 0.5) is 17.6 Å². The van der Waals surface area contributed by atoms with E-state index in [-0.39, 0.29) is 0 Å². The van der Waals surface area contributed by atoms with Gasteiger partial charge in [0.1, 0.15) is 11.6 Å². The summed E-state index contributed by atoms with van der Waals surface area (Å²) in [5.74, 6) is 2.55. The van der Waals surface area contributed by atoms with Crippen molar-refractivity contribution in [2.45, 2.75) is 41.0 Å². The van der Waals surface area contributed by atoms with Crippen LogP contribution in [-0.4, -0.2) is 23.1 Å². The van der Waals surface area contributed by atoms with E-state index in [2.05, 4.69) is 55.2 Å². The highest BCUT2D eigenvalue weighted by molar-refractivity contribution is 5.51. The standard InChI is InChI=1S/C15H27N5/c1-6-7-17-11-8-12(20-13(16)19-11)18-9-10-14(2,3)15(10,4)5/h8,10H,6-7,9H2,1-5H3,(H4,16,17,18,19,20). The second kappa shape index (κ2) is 5.11. The molecule has 2 rings (SSSR count). The molecular formula is C15H27N5. The first-order chi connectivity index (χ1) is 9.29. The number of nitrogens with one attached hydrogen (secondary N) is 2. The number of anilines is 3. The minimum absolute atomic E-state index is 0.308. The zero-order valence-corrected chi connectivity index (χ0v) is 13.2. The summed E-state index contributed by atoms with van der Waals surface area (Å²) >= 11 is 0. The Bertz CT molecular complexity index is 467. The highest BCUT2D eigenvalue weighted by Crippen LogP contribution is 2.68. The SMILES string of the molecule is CCCNc1cc(NCC2C(C)(C)C2(C)C)nc(N)n1. The lowest BCUT2D eigenvalue weighted by molar-refractivity contribution is 0.457. The predicted octanol–water partition coefficient (Wildman–Crippen LogP) is 2.97. The Morgan fingerprint density at radius 2 is 1.65 bits per heavy atom. The van der Waals surface area contributed by atoms with Gasteiger partial charge in [0.25, 0.3) is 0 Å². The second-order valence-corrected chi connectivity index (χ2v) is 6.80. The molecule has 0 atom stereocenters. The number of nitrogens with zero attached hydrogens (tertiary/aromatic N) is 2. The fourth-order valence-electron chi connectivity index (χ4n) is 2.95. The smallest absolute Gasteiger partial charge is 0.223 e. The molecule has 1 aliphatic rings. The van der Waals surface area contributed by atoms with E-state index in [0.29, 0.717) is 22.7 Å². The van der Waals surface area contributed by atoms with Gasteiger partial charge < -0.3 is 16.4 Å². The van der Waals surface area contributed by atoms with E-state index in [4.69, 9.17) is 5.73 Å². The summed E-state index contributed by atoms with van der Waals surface area (Å²) in [4.78, 5) is 8.44. The molecule has 5 heteroatoms. The van der Waals surface area contributed by atoms with Crippen molar-refractivity contribution in [3.8, 4) is 0 Å². The van der Waals surface area contributed by atoms with Crippen molar-refractivity contribution in [3.05, 3.63) is 6.07 Å². The van der Waals surface area contributed by atoms with E-state index in [1.54, 1.807) is 0 Å². The summed E-state index contributed by atoms with van der Waals surface area (Å²) in [6, 6.07) is 1.92. The first-order valence-electron chi connectivity index (χ1n) is 7.41. The molecule has 0 saturated heterocycles. The van der Waals surface area contributed by atoms with Gasteiger partial charge >= 0.3 is 0 Å². The van der Waals surface area contributed by atoms with Gasteiger partial charge in [-0.2, -0.15) is 9.97 Å². The third-order valence-corrected chi connectivity index (χ3v) is 5.11. The Hall–Kier alpha value is -1.52. The zero-order valence-electron chi connectivity index (χ0n) is 13.2. The summed E-state index contributed by atoms with van der Waals surface area (Å²) in [5.41, 5.74) is 6.51. The third kappa shape index (κ3) is 2.67. The third-order valence-electron chi connectivity index (χ3n) is 5.11. The minimum atomic E-state index is 0.308. The van der Waals surface area contributed by atoms with Crippen molar-refractivity contribution in [3.63, 3.8) is 0 Å². The Morgan fingerprint density at radius 3 is 2.15 bits per heavy atom. The number of hydrogen-bond donors (Lipinski definition) is 3. The molecule has 1 aromatic rings. The van der Waals surface area contributed by atoms with E-state index in [9.17, 15) is 0 Å². The van der Waals surface area contributed by atoms with Crippen LogP contribution in [0.25, 0.3) is 0 Å². The number of nitrogen functional groups attached to an aromatic ring is 1. The van der Waals surface area contributed by atoms with Gasteiger partial charge in [-0.1, -0.05) is 34.6 Å². The van der Waals surface area contributed by atoms with Gasteiger partial charge in [-0.05, 0) is 23.2 Å². The quantitative estimate of drug-likeness (QED) is 0.745. The van der Waals surface area contributed by atoms with Gasteiger partial charge in [0.05, 0.1) is 0 Å². The van der Waals surface area contributed by atoms with Crippen LogP contribution in [0.5, 0.6) is 0 Å². The number of aromatic nitrogens is 2. The number of nitrogens with two attached hydrogens (primary N) is 1. The summed E-state index contributed by atoms with van der Waals surface area (Å²) in [5, 5.41) is 6.64. The largest absolute Gasteiger partial charge is 0.370 e. The number of rotatable bonds is 6. The fraction of sp³-hybridized carbons (Fsp3) is 0.733. The molecule has 0 unspecified atom stereocenters. The molecule has 20 heavy (non-hydrogen) atoms. The summed E-state index contributed by atoms with van der Waals surface area (Å²) in [6.45, 7) is 13.2. The summed E-state index contributed by atoms with van der Waals surface area (Å²) in [6.07, 6.45) is 1.05. The first kappa shape index (κ1) is 14.9. The Balaban J connectivity index is 1.98. The van der Waals surface area contributed by atoms with E-state index in [1.807, 2.05) is 6.07 Å². The maximum absolute atomic E-state index is 5.76. The Kier molecular flexibility index (Phi) is 3.80. The first-order valence-corrected chi connectivity index (χ1v) is 7.41. The normalized spacial score (nSPS) is 19.6. The zero-order chi connectivity index (χ0) is 15.0. The monoisotopic (exact) mass is 277 g/mol. The van der Waals surface area contributed by atoms with E-state index in [0.717, 1.165) is 31.1 Å². The van der Waals surface area contributed by atoms with Crippen LogP contribution < -0.4 is 16.4 Å². The highest BCUT2D eigenvalue weighted by Gasteiger charge is 2.64. The van der Waals surface area contributed by atoms with Gasteiger partial charge in [0.15, 0.2) is 0 Å². The van der Waals surface area contributed by atoms with Crippen LogP contribution in [0, 0.1) is 16.7 Å². The molecule has 0 aromatic carbocycles. The van der Waals surface area contributed by atoms with Crippen LogP contribution in [0.2, 0.25) is 0 Å². The van der Waals surface area contributed by atoms with Crippen molar-refractivity contribution in [1.29, 1.82) is 0 Å². The van der Waals surface area contributed by atoms with Crippen molar-refractivity contribution in [1.82, 2.24) is 9.97 Å². The van der Waals surface area contributed by atoms with Crippen LogP contribution in [0.1, 0.15) is 41.0 Å². The summed E-state index contributed by atoms with van der Waals surface area (Å²) < 4.78 is 0. The molecule has 1 heterocycles. The van der Waals surface area contributed by atoms with Crippen molar-refractivity contribution in [2.75, 3.05) is 29.5 Å². The molecule has 1 saturated carbocycles. The summed E-state index contributed by atoms with van der Waals surface area (Å²) in [7, 11) is 0. The molecule has 1 aromatic heterocycles. The molecule has 0 aliphatic heterocycles. The van der Waals surface area contributed by atoms with Crippen LogP contribution >= 0.6 is 0 Å². The van der Waals surface area contributed by atoms with Gasteiger partial charge in [-0.25, -0.2) is 0 Å². The van der Waals surface area contributed by atoms with Crippen LogP contribution in [-0.2, 0) is 0 Å². The lowest BCUT2D eigenvalue weighted by atomic mass is 10.0. The van der Waals surface area contributed by atoms with Crippen molar-refractivity contribution < 1.29 is 0 Å². The molecule has 1 aliphatic carbocycles. The molecule has 5 nitrogen and oxygen atoms in total. The molecule has 0 spiro atoms. The molecule has 0 radical (unpaired) electrons. The fourth-order valence-corrected chi connectivity index (χ4v) is 2.95.